The van der Waals surface area contributed by atoms with Crippen LogP contribution in [0.15, 0.2) is 42.3 Å². The van der Waals surface area contributed by atoms with Gasteiger partial charge in [-0.3, -0.25) is 14.6 Å². The lowest BCUT2D eigenvalue weighted by atomic mass is 9.90. The first-order chi connectivity index (χ1) is 13.6. The Bertz CT molecular complexity index is 958. The molecule has 0 aliphatic heterocycles. The van der Waals surface area contributed by atoms with Gasteiger partial charge < -0.3 is 4.74 Å². The van der Waals surface area contributed by atoms with E-state index in [0.29, 0.717) is 24.2 Å². The van der Waals surface area contributed by atoms with Crippen molar-refractivity contribution in [3.8, 4) is 0 Å². The number of benzene rings is 1. The van der Waals surface area contributed by atoms with E-state index in [4.69, 9.17) is 4.74 Å². The van der Waals surface area contributed by atoms with Crippen molar-refractivity contribution in [2.24, 2.45) is 11.3 Å². The van der Waals surface area contributed by atoms with E-state index in [-0.39, 0.29) is 17.7 Å². The van der Waals surface area contributed by atoms with E-state index < -0.39 is 5.41 Å². The third-order valence-electron chi connectivity index (χ3n) is 5.26. The van der Waals surface area contributed by atoms with Crippen molar-refractivity contribution in [1.29, 1.82) is 0 Å². The Morgan fingerprint density at radius 1 is 1.14 bits per heavy atom. The first-order valence-electron chi connectivity index (χ1n) is 10.1. The molecule has 0 N–H and O–H groups in total. The van der Waals surface area contributed by atoms with Crippen LogP contribution in [0.2, 0.25) is 0 Å². The molecule has 0 radical (unpaired) electrons. The number of ether oxygens (including phenoxy) is 1. The summed E-state index contributed by atoms with van der Waals surface area (Å²) >= 11 is 0. The molecule has 4 heteroatoms. The Balaban J connectivity index is 2.04. The van der Waals surface area contributed by atoms with Crippen LogP contribution >= 0.6 is 0 Å². The molecule has 0 amide bonds. The summed E-state index contributed by atoms with van der Waals surface area (Å²) < 4.78 is 5.82. The lowest BCUT2D eigenvalue weighted by Gasteiger charge is -2.18. The van der Waals surface area contributed by atoms with Crippen LogP contribution in [-0.4, -0.2) is 16.7 Å². The maximum absolute atomic E-state index is 13.5. The molecule has 0 saturated carbocycles. The molecule has 1 aliphatic rings. The zero-order chi connectivity index (χ0) is 21.3. The first-order valence-corrected chi connectivity index (χ1v) is 10.1. The molecule has 3 rings (SSSR count). The molecule has 29 heavy (non-hydrogen) atoms. The number of esters is 1. The van der Waals surface area contributed by atoms with Crippen LogP contribution in [0.25, 0.3) is 5.57 Å². The van der Waals surface area contributed by atoms with Crippen molar-refractivity contribution in [3.63, 3.8) is 0 Å². The Kier molecular flexibility index (Phi) is 5.74. The van der Waals surface area contributed by atoms with Crippen molar-refractivity contribution in [2.45, 2.75) is 54.4 Å². The average molecular weight is 392 g/mol. The van der Waals surface area contributed by atoms with E-state index >= 15 is 0 Å². The van der Waals surface area contributed by atoms with Gasteiger partial charge in [0.05, 0.1) is 11.0 Å². The van der Waals surface area contributed by atoms with Gasteiger partial charge in [0, 0.05) is 30.7 Å². The molecule has 0 bridgehead atoms. The SMILES string of the molecule is Cc1cc(C)c(C2=C(OC(=O)C(C)(C)C)CC(Cc3ccccn3)C2=O)c(C)c1. The van der Waals surface area contributed by atoms with Gasteiger partial charge >= 0.3 is 5.97 Å². The molecule has 0 saturated heterocycles. The van der Waals surface area contributed by atoms with Crippen molar-refractivity contribution in [1.82, 2.24) is 4.98 Å². The fraction of sp³-hybridized carbons (Fsp3) is 0.400. The number of ketones is 1. The molecule has 2 aromatic rings. The minimum Gasteiger partial charge on any atom is -0.430 e. The van der Waals surface area contributed by atoms with Crippen molar-refractivity contribution in [3.05, 3.63) is 70.2 Å². The molecule has 0 spiro atoms. The predicted molar refractivity (Wildman–Crippen MR) is 114 cm³/mol. The average Bonchev–Trinajstić information content (AvgIpc) is 2.90. The maximum atomic E-state index is 13.5. The molecule has 1 heterocycles. The molecule has 1 unspecified atom stereocenters. The van der Waals surface area contributed by atoms with Gasteiger partial charge in [0.1, 0.15) is 5.76 Å². The third-order valence-corrected chi connectivity index (χ3v) is 5.26. The van der Waals surface area contributed by atoms with Gasteiger partial charge in [-0.1, -0.05) is 23.8 Å². The number of carbonyl (C=O) groups is 2. The summed E-state index contributed by atoms with van der Waals surface area (Å²) in [4.78, 5) is 30.4. The largest absolute Gasteiger partial charge is 0.430 e. The molecule has 4 nitrogen and oxygen atoms in total. The number of Topliss-reactive ketones (excluding diaryl/α,β-unsaturated/α-hetero) is 1. The quantitative estimate of drug-likeness (QED) is 0.677. The molecule has 1 aliphatic carbocycles. The fourth-order valence-corrected chi connectivity index (χ4v) is 3.89. The van der Waals surface area contributed by atoms with E-state index in [9.17, 15) is 9.59 Å². The van der Waals surface area contributed by atoms with Crippen LogP contribution < -0.4 is 0 Å². The van der Waals surface area contributed by atoms with E-state index in [1.54, 1.807) is 6.20 Å². The Labute approximate surface area is 173 Å². The maximum Gasteiger partial charge on any atom is 0.316 e. The van der Waals surface area contributed by atoms with Gasteiger partial charge in [0.25, 0.3) is 0 Å². The number of allylic oxidation sites excluding steroid dienone is 2. The molecular weight excluding hydrogens is 362 g/mol. The second kappa shape index (κ2) is 7.94. The van der Waals surface area contributed by atoms with Crippen LogP contribution in [0.1, 0.15) is 55.1 Å². The van der Waals surface area contributed by atoms with Crippen molar-refractivity contribution < 1.29 is 14.3 Å². The molecule has 1 aromatic carbocycles. The lowest BCUT2D eigenvalue weighted by molar-refractivity contribution is -0.148. The van der Waals surface area contributed by atoms with Gasteiger partial charge in [-0.15, -0.1) is 0 Å². The lowest BCUT2D eigenvalue weighted by Crippen LogP contribution is -2.22. The van der Waals surface area contributed by atoms with Gasteiger partial charge in [0.2, 0.25) is 0 Å². The Morgan fingerprint density at radius 2 is 1.79 bits per heavy atom. The number of pyridine rings is 1. The number of hydrogen-bond donors (Lipinski definition) is 0. The Hall–Kier alpha value is -2.75. The molecule has 1 atom stereocenters. The van der Waals surface area contributed by atoms with Crippen LogP contribution in [0, 0.1) is 32.1 Å². The van der Waals surface area contributed by atoms with Gasteiger partial charge in [0.15, 0.2) is 5.78 Å². The van der Waals surface area contributed by atoms with Gasteiger partial charge in [-0.05, 0) is 70.4 Å². The highest BCUT2D eigenvalue weighted by molar-refractivity contribution is 6.25. The van der Waals surface area contributed by atoms with Gasteiger partial charge in [-0.2, -0.15) is 0 Å². The summed E-state index contributed by atoms with van der Waals surface area (Å²) in [5, 5.41) is 0. The number of carbonyl (C=O) groups excluding carboxylic acids is 2. The molecule has 0 fully saturated rings. The zero-order valence-corrected chi connectivity index (χ0v) is 18.1. The monoisotopic (exact) mass is 391 g/mol. The fourth-order valence-electron chi connectivity index (χ4n) is 3.89. The second-order valence-electron chi connectivity index (χ2n) is 9.00. The predicted octanol–water partition coefficient (Wildman–Crippen LogP) is 5.14. The minimum atomic E-state index is -0.641. The van der Waals surface area contributed by atoms with Crippen LogP contribution in [-0.2, 0) is 20.7 Å². The topological polar surface area (TPSA) is 56.3 Å². The van der Waals surface area contributed by atoms with Crippen molar-refractivity contribution >= 4 is 17.3 Å². The Morgan fingerprint density at radius 3 is 2.34 bits per heavy atom. The summed E-state index contributed by atoms with van der Waals surface area (Å²) in [6.07, 6.45) is 2.68. The van der Waals surface area contributed by atoms with E-state index in [1.165, 1.54) is 0 Å². The third kappa shape index (κ3) is 4.47. The first kappa shape index (κ1) is 21.0. The zero-order valence-electron chi connectivity index (χ0n) is 18.1. The summed E-state index contributed by atoms with van der Waals surface area (Å²) in [7, 11) is 0. The van der Waals surface area contributed by atoms with E-state index in [0.717, 1.165) is 27.9 Å². The smallest absolute Gasteiger partial charge is 0.316 e. The van der Waals surface area contributed by atoms with Crippen molar-refractivity contribution in [2.75, 3.05) is 0 Å². The molecular formula is C25H29NO3. The number of rotatable bonds is 4. The summed E-state index contributed by atoms with van der Waals surface area (Å²) in [5.74, 6) is -0.0743. The summed E-state index contributed by atoms with van der Waals surface area (Å²) in [6.45, 7) is 11.5. The summed E-state index contributed by atoms with van der Waals surface area (Å²) in [6, 6.07) is 9.84. The minimum absolute atomic E-state index is 0.0300. The summed E-state index contributed by atoms with van der Waals surface area (Å²) in [5.41, 5.74) is 4.86. The standard InChI is InChI=1S/C25H29NO3/c1-15-11-16(2)21(17(3)12-15)22-20(29-24(28)25(4,5)6)14-18(23(22)27)13-19-9-7-8-10-26-19/h7-12,18H,13-14H2,1-6H3. The molecule has 152 valence electrons. The molecule has 1 aromatic heterocycles. The number of aromatic nitrogens is 1. The normalized spacial score (nSPS) is 17.0. The van der Waals surface area contributed by atoms with Crippen LogP contribution in [0.4, 0.5) is 0 Å². The second-order valence-corrected chi connectivity index (χ2v) is 9.00. The number of aryl methyl sites for hydroxylation is 3. The van der Waals surface area contributed by atoms with Crippen LogP contribution in [0.3, 0.4) is 0 Å². The van der Waals surface area contributed by atoms with Gasteiger partial charge in [-0.25, -0.2) is 0 Å². The highest BCUT2D eigenvalue weighted by atomic mass is 16.5. The highest BCUT2D eigenvalue weighted by Crippen LogP contribution is 2.40. The number of hydrogen-bond acceptors (Lipinski definition) is 4. The highest BCUT2D eigenvalue weighted by Gasteiger charge is 2.38. The van der Waals surface area contributed by atoms with E-state index in [1.807, 2.05) is 59.7 Å². The number of nitrogens with zero attached hydrogens (tertiary/aromatic N) is 1. The van der Waals surface area contributed by atoms with Crippen LogP contribution in [0.5, 0.6) is 0 Å². The van der Waals surface area contributed by atoms with E-state index in [2.05, 4.69) is 17.1 Å².